The van der Waals surface area contributed by atoms with Crippen LogP contribution in [0.25, 0.3) is 0 Å². The average molecular weight is 281 g/mol. The number of rotatable bonds is 3. The molecule has 0 saturated carbocycles. The highest BCUT2D eigenvalue weighted by atomic mass is 35.5. The van der Waals surface area contributed by atoms with Gasteiger partial charge in [-0.05, 0) is 48.8 Å². The highest BCUT2D eigenvalue weighted by Crippen LogP contribution is 2.30. The van der Waals surface area contributed by atoms with Gasteiger partial charge in [0.1, 0.15) is 0 Å². The second-order valence-electron chi connectivity index (χ2n) is 5.90. The molecule has 1 aliphatic heterocycles. The van der Waals surface area contributed by atoms with Crippen LogP contribution in [0.5, 0.6) is 0 Å². The van der Waals surface area contributed by atoms with E-state index in [2.05, 4.69) is 30.9 Å². The van der Waals surface area contributed by atoms with Crippen molar-refractivity contribution < 1.29 is 0 Å². The number of anilines is 1. The van der Waals surface area contributed by atoms with Gasteiger partial charge in [-0.25, -0.2) is 0 Å². The Morgan fingerprint density at radius 2 is 2.11 bits per heavy atom. The van der Waals surface area contributed by atoms with Crippen molar-refractivity contribution in [3.05, 3.63) is 28.8 Å². The summed E-state index contributed by atoms with van der Waals surface area (Å²) in [6.45, 7) is 7.50. The van der Waals surface area contributed by atoms with Gasteiger partial charge in [-0.15, -0.1) is 0 Å². The largest absolute Gasteiger partial charge is 0.371 e. The van der Waals surface area contributed by atoms with Gasteiger partial charge in [0.25, 0.3) is 0 Å². The standard InChI is InChI=1S/C16H25ClN2/c1-12(2)13-4-3-8-19(9-7-13)16-10-15(17)6-5-14(16)11-18/h5-6,10,12-13H,3-4,7-9,11,18H2,1-2H3. The molecule has 2 N–H and O–H groups in total. The molecule has 0 aliphatic carbocycles. The van der Waals surface area contributed by atoms with Crippen LogP contribution in [0, 0.1) is 11.8 Å². The first-order valence-corrected chi connectivity index (χ1v) is 7.73. The number of benzene rings is 1. The maximum absolute atomic E-state index is 6.15. The third-order valence-electron chi connectivity index (χ3n) is 4.32. The summed E-state index contributed by atoms with van der Waals surface area (Å²) in [4.78, 5) is 2.47. The van der Waals surface area contributed by atoms with Crippen LogP contribution in [-0.4, -0.2) is 13.1 Å². The van der Waals surface area contributed by atoms with E-state index in [1.807, 2.05) is 6.07 Å². The lowest BCUT2D eigenvalue weighted by Crippen LogP contribution is -2.26. The number of halogens is 1. The Labute approximate surface area is 121 Å². The first kappa shape index (κ1) is 14.7. The van der Waals surface area contributed by atoms with E-state index in [-0.39, 0.29) is 0 Å². The summed E-state index contributed by atoms with van der Waals surface area (Å²) in [6.07, 6.45) is 3.88. The Hall–Kier alpha value is -0.730. The van der Waals surface area contributed by atoms with Crippen molar-refractivity contribution in [2.45, 2.75) is 39.7 Å². The van der Waals surface area contributed by atoms with E-state index in [0.29, 0.717) is 6.54 Å². The summed E-state index contributed by atoms with van der Waals surface area (Å²) in [7, 11) is 0. The van der Waals surface area contributed by atoms with Crippen LogP contribution in [0.4, 0.5) is 5.69 Å². The maximum Gasteiger partial charge on any atom is 0.0426 e. The highest BCUT2D eigenvalue weighted by Gasteiger charge is 2.20. The topological polar surface area (TPSA) is 29.3 Å². The molecule has 0 spiro atoms. The highest BCUT2D eigenvalue weighted by molar-refractivity contribution is 6.30. The Kier molecular flexibility index (Phi) is 5.12. The van der Waals surface area contributed by atoms with Gasteiger partial charge in [0.05, 0.1) is 0 Å². The van der Waals surface area contributed by atoms with Crippen molar-refractivity contribution in [2.24, 2.45) is 17.6 Å². The summed E-state index contributed by atoms with van der Waals surface area (Å²) in [6, 6.07) is 6.06. The number of hydrogen-bond acceptors (Lipinski definition) is 2. The van der Waals surface area contributed by atoms with Crippen LogP contribution >= 0.6 is 11.6 Å². The quantitative estimate of drug-likeness (QED) is 0.905. The van der Waals surface area contributed by atoms with Gasteiger partial charge in [0.2, 0.25) is 0 Å². The van der Waals surface area contributed by atoms with Gasteiger partial charge in [-0.2, -0.15) is 0 Å². The molecule has 1 saturated heterocycles. The molecule has 1 fully saturated rings. The van der Waals surface area contributed by atoms with Crippen LogP contribution in [0.3, 0.4) is 0 Å². The molecule has 0 aromatic heterocycles. The zero-order chi connectivity index (χ0) is 13.8. The summed E-state index contributed by atoms with van der Waals surface area (Å²) in [5.74, 6) is 1.64. The minimum Gasteiger partial charge on any atom is -0.371 e. The molecule has 2 rings (SSSR count). The fraction of sp³-hybridized carbons (Fsp3) is 0.625. The fourth-order valence-electron chi connectivity index (χ4n) is 3.03. The van der Waals surface area contributed by atoms with E-state index in [1.54, 1.807) is 0 Å². The SMILES string of the molecule is CC(C)C1CCCN(c2cc(Cl)ccc2CN)CC1. The van der Waals surface area contributed by atoms with E-state index in [4.69, 9.17) is 17.3 Å². The van der Waals surface area contributed by atoms with Crippen molar-refractivity contribution in [1.82, 2.24) is 0 Å². The van der Waals surface area contributed by atoms with E-state index in [0.717, 1.165) is 29.9 Å². The lowest BCUT2D eigenvalue weighted by molar-refractivity contribution is 0.351. The molecule has 0 amide bonds. The molecule has 1 atom stereocenters. The van der Waals surface area contributed by atoms with Crippen LogP contribution in [-0.2, 0) is 6.54 Å². The molecule has 3 heteroatoms. The zero-order valence-corrected chi connectivity index (χ0v) is 12.8. The van der Waals surface area contributed by atoms with E-state index >= 15 is 0 Å². The smallest absolute Gasteiger partial charge is 0.0426 e. The molecule has 2 nitrogen and oxygen atoms in total. The van der Waals surface area contributed by atoms with Crippen molar-refractivity contribution in [3.63, 3.8) is 0 Å². The van der Waals surface area contributed by atoms with Crippen molar-refractivity contribution in [3.8, 4) is 0 Å². The van der Waals surface area contributed by atoms with Gasteiger partial charge in [0, 0.05) is 30.3 Å². The lowest BCUT2D eigenvalue weighted by Gasteiger charge is -2.26. The lowest BCUT2D eigenvalue weighted by atomic mass is 9.89. The number of hydrogen-bond donors (Lipinski definition) is 1. The summed E-state index contributed by atoms with van der Waals surface area (Å²) in [5.41, 5.74) is 8.29. The van der Waals surface area contributed by atoms with Gasteiger partial charge in [-0.3, -0.25) is 0 Å². The number of nitrogens with two attached hydrogens (primary N) is 1. The molecule has 0 bridgehead atoms. The predicted octanol–water partition coefficient (Wildman–Crippen LogP) is 4.06. The van der Waals surface area contributed by atoms with Crippen molar-refractivity contribution in [2.75, 3.05) is 18.0 Å². The van der Waals surface area contributed by atoms with Crippen molar-refractivity contribution >= 4 is 17.3 Å². The molecule has 1 aromatic carbocycles. The normalized spacial score (nSPS) is 20.7. The Morgan fingerprint density at radius 3 is 2.79 bits per heavy atom. The van der Waals surface area contributed by atoms with Crippen LogP contribution in [0.15, 0.2) is 18.2 Å². The minimum atomic E-state index is 0.580. The monoisotopic (exact) mass is 280 g/mol. The van der Waals surface area contributed by atoms with Crippen LogP contribution < -0.4 is 10.6 Å². The summed E-state index contributed by atoms with van der Waals surface area (Å²) in [5, 5.41) is 0.803. The minimum absolute atomic E-state index is 0.580. The molecular formula is C16H25ClN2. The molecule has 1 unspecified atom stereocenters. The van der Waals surface area contributed by atoms with Gasteiger partial charge < -0.3 is 10.6 Å². The molecule has 1 aliphatic rings. The Balaban J connectivity index is 2.16. The molecule has 0 radical (unpaired) electrons. The summed E-state index contributed by atoms with van der Waals surface area (Å²) >= 11 is 6.15. The maximum atomic E-state index is 6.15. The molecule has 1 heterocycles. The molecule has 1 aromatic rings. The molecule has 106 valence electrons. The third kappa shape index (κ3) is 3.64. The first-order valence-electron chi connectivity index (χ1n) is 7.35. The van der Waals surface area contributed by atoms with E-state index in [1.165, 1.54) is 30.5 Å². The van der Waals surface area contributed by atoms with E-state index < -0.39 is 0 Å². The zero-order valence-electron chi connectivity index (χ0n) is 12.0. The Bertz CT molecular complexity index is 417. The van der Waals surface area contributed by atoms with Crippen LogP contribution in [0.2, 0.25) is 5.02 Å². The van der Waals surface area contributed by atoms with E-state index in [9.17, 15) is 0 Å². The van der Waals surface area contributed by atoms with Crippen LogP contribution in [0.1, 0.15) is 38.7 Å². The third-order valence-corrected chi connectivity index (χ3v) is 4.56. The predicted molar refractivity (Wildman–Crippen MR) is 83.7 cm³/mol. The second kappa shape index (κ2) is 6.62. The first-order chi connectivity index (χ1) is 9.11. The summed E-state index contributed by atoms with van der Waals surface area (Å²) < 4.78 is 0. The average Bonchev–Trinajstić information content (AvgIpc) is 2.64. The fourth-order valence-corrected chi connectivity index (χ4v) is 3.20. The second-order valence-corrected chi connectivity index (χ2v) is 6.34. The Morgan fingerprint density at radius 1 is 1.32 bits per heavy atom. The van der Waals surface area contributed by atoms with Crippen molar-refractivity contribution in [1.29, 1.82) is 0 Å². The van der Waals surface area contributed by atoms with Gasteiger partial charge in [0.15, 0.2) is 0 Å². The van der Waals surface area contributed by atoms with Gasteiger partial charge in [-0.1, -0.05) is 31.5 Å². The number of nitrogens with zero attached hydrogens (tertiary/aromatic N) is 1. The molecular weight excluding hydrogens is 256 g/mol. The van der Waals surface area contributed by atoms with Gasteiger partial charge >= 0.3 is 0 Å². The molecule has 19 heavy (non-hydrogen) atoms.